The number of carbonyl (C=O) groups excluding carboxylic acids is 1. The average Bonchev–Trinajstić information content (AvgIpc) is 2.73. The quantitative estimate of drug-likeness (QED) is 0.667. The van der Waals surface area contributed by atoms with E-state index >= 15 is 0 Å². The van der Waals surface area contributed by atoms with Crippen LogP contribution in [0.2, 0.25) is 0 Å². The Morgan fingerprint density at radius 3 is 2.17 bits per heavy atom. The molecule has 0 aromatic rings. The van der Waals surface area contributed by atoms with Crippen LogP contribution >= 0.6 is 0 Å². The molecule has 0 N–H and O–H groups in total. The first-order valence-electron chi connectivity index (χ1n) is 7.03. The summed E-state index contributed by atoms with van der Waals surface area (Å²) in [5, 5.41) is 0. The zero-order valence-electron chi connectivity index (χ0n) is 12.0. The highest BCUT2D eigenvalue weighted by atomic mass is 16.2. The predicted molar refractivity (Wildman–Crippen MR) is 74.4 cm³/mol. The lowest BCUT2D eigenvalue weighted by Gasteiger charge is -2.40. The van der Waals surface area contributed by atoms with Crippen LogP contribution in [0.25, 0.3) is 0 Å². The zero-order chi connectivity index (χ0) is 13.4. The van der Waals surface area contributed by atoms with E-state index < -0.39 is 0 Å². The summed E-state index contributed by atoms with van der Waals surface area (Å²) in [5.41, 5.74) is 0.739. The van der Waals surface area contributed by atoms with Crippen molar-refractivity contribution in [2.75, 3.05) is 26.2 Å². The number of carbonyl (C=O) groups is 1. The van der Waals surface area contributed by atoms with E-state index in [0.29, 0.717) is 5.41 Å². The highest BCUT2D eigenvalue weighted by Crippen LogP contribution is 2.42. The molecular weight excluding hydrogens is 224 g/mol. The molecule has 0 bridgehead atoms. The maximum absolute atomic E-state index is 11.6. The van der Waals surface area contributed by atoms with Crippen LogP contribution in [-0.4, -0.2) is 47.4 Å². The van der Waals surface area contributed by atoms with E-state index in [1.807, 2.05) is 4.90 Å². The fourth-order valence-corrected chi connectivity index (χ4v) is 3.25. The van der Waals surface area contributed by atoms with Gasteiger partial charge in [0.05, 0.1) is 0 Å². The minimum absolute atomic E-state index is 0.0931. The van der Waals surface area contributed by atoms with E-state index in [1.165, 1.54) is 25.6 Å². The Labute approximate surface area is 111 Å². The Morgan fingerprint density at radius 2 is 1.72 bits per heavy atom. The Kier molecular flexibility index (Phi) is 3.54. The van der Waals surface area contributed by atoms with Gasteiger partial charge in [-0.3, -0.25) is 9.69 Å². The third-order valence-corrected chi connectivity index (χ3v) is 4.70. The largest absolute Gasteiger partial charge is 0.339 e. The van der Waals surface area contributed by atoms with Crippen molar-refractivity contribution in [1.29, 1.82) is 0 Å². The Morgan fingerprint density at radius 1 is 1.17 bits per heavy atom. The van der Waals surface area contributed by atoms with Gasteiger partial charge in [-0.2, -0.15) is 0 Å². The van der Waals surface area contributed by atoms with Crippen LogP contribution in [0.3, 0.4) is 0 Å². The molecule has 3 nitrogen and oxygen atoms in total. The highest BCUT2D eigenvalue weighted by molar-refractivity contribution is 5.87. The van der Waals surface area contributed by atoms with Crippen LogP contribution in [0, 0.1) is 5.41 Å². The smallest absolute Gasteiger partial charge is 0.245 e. The van der Waals surface area contributed by atoms with Crippen LogP contribution < -0.4 is 0 Å². The minimum Gasteiger partial charge on any atom is -0.339 e. The molecule has 18 heavy (non-hydrogen) atoms. The van der Waals surface area contributed by atoms with Gasteiger partial charge < -0.3 is 4.90 Å². The summed E-state index contributed by atoms with van der Waals surface area (Å²) in [6.07, 6.45) is 5.03. The molecule has 0 atom stereocenters. The third kappa shape index (κ3) is 2.61. The fourth-order valence-electron chi connectivity index (χ4n) is 3.25. The molecule has 0 saturated carbocycles. The molecule has 2 saturated heterocycles. The number of piperidine rings is 1. The first-order valence-corrected chi connectivity index (χ1v) is 7.03. The third-order valence-electron chi connectivity index (χ3n) is 4.70. The molecule has 1 spiro atoms. The zero-order valence-corrected chi connectivity index (χ0v) is 12.0. The van der Waals surface area contributed by atoms with Crippen molar-refractivity contribution in [1.82, 2.24) is 9.80 Å². The van der Waals surface area contributed by atoms with E-state index in [-0.39, 0.29) is 11.4 Å². The Bertz CT molecular complexity index is 335. The average molecular weight is 250 g/mol. The molecule has 2 fully saturated rings. The second kappa shape index (κ2) is 4.69. The van der Waals surface area contributed by atoms with Crippen molar-refractivity contribution < 1.29 is 4.79 Å². The van der Waals surface area contributed by atoms with Crippen molar-refractivity contribution in [2.45, 2.75) is 45.6 Å². The van der Waals surface area contributed by atoms with Crippen molar-refractivity contribution in [3.05, 3.63) is 12.7 Å². The number of hydrogen-bond donors (Lipinski definition) is 0. The van der Waals surface area contributed by atoms with Crippen molar-refractivity contribution in [3.8, 4) is 0 Å². The minimum atomic E-state index is 0.0931. The van der Waals surface area contributed by atoms with E-state index in [9.17, 15) is 4.79 Å². The first kappa shape index (κ1) is 13.6. The summed E-state index contributed by atoms with van der Waals surface area (Å²) in [7, 11) is 0. The molecule has 2 rings (SSSR count). The maximum atomic E-state index is 11.6. The lowest BCUT2D eigenvalue weighted by atomic mass is 9.77. The number of likely N-dealkylation sites (tertiary alicyclic amines) is 2. The molecule has 0 radical (unpaired) electrons. The van der Waals surface area contributed by atoms with E-state index in [1.54, 1.807) is 0 Å². The second-order valence-corrected chi connectivity index (χ2v) is 6.87. The maximum Gasteiger partial charge on any atom is 0.245 e. The van der Waals surface area contributed by atoms with Gasteiger partial charge in [-0.15, -0.1) is 0 Å². The molecule has 2 aliphatic rings. The van der Waals surface area contributed by atoms with Crippen LogP contribution in [0.1, 0.15) is 40.0 Å². The van der Waals surface area contributed by atoms with Crippen LogP contribution in [0.15, 0.2) is 12.7 Å². The molecule has 0 aromatic heterocycles. The topological polar surface area (TPSA) is 23.6 Å². The molecule has 0 unspecified atom stereocenters. The summed E-state index contributed by atoms with van der Waals surface area (Å²) in [5.74, 6) is 0.0931. The molecule has 102 valence electrons. The van der Waals surface area contributed by atoms with Crippen LogP contribution in [0.5, 0.6) is 0 Å². The van der Waals surface area contributed by atoms with Gasteiger partial charge in [0.2, 0.25) is 5.91 Å². The van der Waals surface area contributed by atoms with Crippen molar-refractivity contribution >= 4 is 5.91 Å². The molecule has 0 aromatic carbocycles. The van der Waals surface area contributed by atoms with Gasteiger partial charge in [0.25, 0.3) is 0 Å². The summed E-state index contributed by atoms with van der Waals surface area (Å²) in [6, 6.07) is 0. The van der Waals surface area contributed by atoms with Crippen molar-refractivity contribution in [3.63, 3.8) is 0 Å². The van der Waals surface area contributed by atoms with Gasteiger partial charge in [0, 0.05) is 25.2 Å². The van der Waals surface area contributed by atoms with Crippen LogP contribution in [0.4, 0.5) is 0 Å². The highest BCUT2D eigenvalue weighted by Gasteiger charge is 2.43. The molecule has 3 heteroatoms. The van der Waals surface area contributed by atoms with Gasteiger partial charge in [-0.05, 0) is 58.1 Å². The predicted octanol–water partition coefficient (Wildman–Crippen LogP) is 2.29. The first-order chi connectivity index (χ1) is 8.36. The second-order valence-electron chi connectivity index (χ2n) is 6.87. The van der Waals surface area contributed by atoms with E-state index in [4.69, 9.17) is 0 Å². The number of hydrogen-bond acceptors (Lipinski definition) is 2. The fraction of sp³-hybridized carbons (Fsp3) is 0.800. The molecule has 2 heterocycles. The van der Waals surface area contributed by atoms with E-state index in [0.717, 1.165) is 25.9 Å². The van der Waals surface area contributed by atoms with Crippen molar-refractivity contribution in [2.24, 2.45) is 5.41 Å². The molecule has 2 aliphatic heterocycles. The normalized spacial score (nSPS) is 24.5. The SMILES string of the molecule is C=CC(=O)N1CCC2(CC1)CCN(C(C)(C)C)C2. The van der Waals surface area contributed by atoms with Gasteiger partial charge >= 0.3 is 0 Å². The number of amides is 1. The van der Waals surface area contributed by atoms with Gasteiger partial charge in [-0.1, -0.05) is 6.58 Å². The monoisotopic (exact) mass is 250 g/mol. The number of rotatable bonds is 1. The van der Waals surface area contributed by atoms with Crippen LogP contribution in [-0.2, 0) is 4.79 Å². The lowest BCUT2D eigenvalue weighted by molar-refractivity contribution is -0.128. The molecule has 0 aliphatic carbocycles. The lowest BCUT2D eigenvalue weighted by Crippen LogP contribution is -2.46. The molecular formula is C15H26N2O. The Balaban J connectivity index is 1.94. The summed E-state index contributed by atoms with van der Waals surface area (Å²) in [6.45, 7) is 14.7. The van der Waals surface area contributed by atoms with Gasteiger partial charge in [-0.25, -0.2) is 0 Å². The summed E-state index contributed by atoms with van der Waals surface area (Å²) >= 11 is 0. The van der Waals surface area contributed by atoms with Gasteiger partial charge in [0.1, 0.15) is 0 Å². The van der Waals surface area contributed by atoms with E-state index in [2.05, 4.69) is 32.3 Å². The summed E-state index contributed by atoms with van der Waals surface area (Å²) in [4.78, 5) is 16.1. The Hall–Kier alpha value is -0.830. The molecule has 1 amide bonds. The van der Waals surface area contributed by atoms with Gasteiger partial charge in [0.15, 0.2) is 0 Å². The number of nitrogens with zero attached hydrogens (tertiary/aromatic N) is 2. The standard InChI is InChI=1S/C15H26N2O/c1-5-13(18)16-9-6-15(7-10-16)8-11-17(12-15)14(2,3)4/h5H,1,6-12H2,2-4H3. The summed E-state index contributed by atoms with van der Waals surface area (Å²) < 4.78 is 0.